The van der Waals surface area contributed by atoms with Crippen LogP contribution in [0.15, 0.2) is 24.4 Å². The molecule has 2 heterocycles. The number of hydrogen-bond acceptors (Lipinski definition) is 2. The van der Waals surface area contributed by atoms with Gasteiger partial charge >= 0.3 is 0 Å². The van der Waals surface area contributed by atoms with E-state index in [1.165, 1.54) is 11.4 Å². The molecule has 1 amide bonds. The van der Waals surface area contributed by atoms with Crippen LogP contribution in [0.1, 0.15) is 37.6 Å². The van der Waals surface area contributed by atoms with Crippen LogP contribution in [-0.4, -0.2) is 33.8 Å². The Balaban J connectivity index is 1.79. The Morgan fingerprint density at radius 1 is 1.48 bits per heavy atom. The molecule has 0 N–H and O–H groups in total. The molecular weight excluding hydrogens is 262 g/mol. The van der Waals surface area contributed by atoms with Gasteiger partial charge in [-0.1, -0.05) is 19.4 Å². The maximum Gasteiger partial charge on any atom is 0.225 e. The van der Waals surface area contributed by atoms with Gasteiger partial charge in [-0.05, 0) is 31.4 Å². The fourth-order valence-corrected chi connectivity index (χ4v) is 3.19. The summed E-state index contributed by atoms with van der Waals surface area (Å²) in [6.45, 7) is 3.02. The lowest BCUT2D eigenvalue weighted by molar-refractivity contribution is -0.134. The molecule has 4 heteroatoms. The van der Waals surface area contributed by atoms with Gasteiger partial charge in [0.05, 0.1) is 5.69 Å². The number of pyridine rings is 1. The first-order chi connectivity index (χ1) is 10.2. The second-order valence-corrected chi connectivity index (χ2v) is 5.99. The zero-order valence-electron chi connectivity index (χ0n) is 12.9. The molecule has 0 saturated carbocycles. The van der Waals surface area contributed by atoms with Crippen molar-refractivity contribution in [3.8, 4) is 0 Å². The van der Waals surface area contributed by atoms with Gasteiger partial charge in [-0.15, -0.1) is 0 Å². The van der Waals surface area contributed by atoms with Crippen LogP contribution in [0.3, 0.4) is 0 Å². The molecule has 1 atom stereocenters. The molecule has 0 spiro atoms. The molecule has 4 nitrogen and oxygen atoms in total. The highest BCUT2D eigenvalue weighted by molar-refractivity contribution is 5.79. The van der Waals surface area contributed by atoms with Gasteiger partial charge in [-0.3, -0.25) is 4.79 Å². The summed E-state index contributed by atoms with van der Waals surface area (Å²) in [4.78, 5) is 19.2. The zero-order valence-corrected chi connectivity index (χ0v) is 12.9. The standard InChI is InChI=1S/C17H23N3O/c1-3-4-10-19(2)17(21)13-8-9-14-15(12-13)20-11-6-5-7-16(20)18-14/h5-7,11,13H,3-4,8-10,12H2,1-2H3. The smallest absolute Gasteiger partial charge is 0.225 e. The van der Waals surface area contributed by atoms with E-state index in [0.717, 1.165) is 44.3 Å². The summed E-state index contributed by atoms with van der Waals surface area (Å²) < 4.78 is 2.14. The number of carbonyl (C=O) groups is 1. The monoisotopic (exact) mass is 285 g/mol. The second-order valence-electron chi connectivity index (χ2n) is 5.99. The highest BCUT2D eigenvalue weighted by atomic mass is 16.2. The molecule has 1 aliphatic rings. The number of aryl methyl sites for hydroxylation is 1. The third kappa shape index (κ3) is 2.67. The van der Waals surface area contributed by atoms with E-state index in [1.54, 1.807) is 0 Å². The van der Waals surface area contributed by atoms with Crippen LogP contribution in [-0.2, 0) is 17.6 Å². The number of aromatic nitrogens is 2. The third-order valence-electron chi connectivity index (χ3n) is 4.45. The van der Waals surface area contributed by atoms with E-state index in [9.17, 15) is 4.79 Å². The Labute approximate surface area is 125 Å². The normalized spacial score (nSPS) is 17.7. The molecular formula is C17H23N3O. The quantitative estimate of drug-likeness (QED) is 0.866. The minimum absolute atomic E-state index is 0.111. The molecule has 0 aromatic carbocycles. The first-order valence-electron chi connectivity index (χ1n) is 7.90. The van der Waals surface area contributed by atoms with Crippen molar-refractivity contribution >= 4 is 11.6 Å². The van der Waals surface area contributed by atoms with Crippen molar-refractivity contribution in [3.05, 3.63) is 35.8 Å². The van der Waals surface area contributed by atoms with Crippen molar-refractivity contribution in [1.29, 1.82) is 0 Å². The van der Waals surface area contributed by atoms with Crippen molar-refractivity contribution in [2.24, 2.45) is 5.92 Å². The molecule has 0 radical (unpaired) electrons. The molecule has 1 aliphatic carbocycles. The second kappa shape index (κ2) is 5.88. The number of hydrogen-bond donors (Lipinski definition) is 0. The van der Waals surface area contributed by atoms with Crippen molar-refractivity contribution in [2.75, 3.05) is 13.6 Å². The maximum absolute atomic E-state index is 12.6. The molecule has 112 valence electrons. The fraction of sp³-hybridized carbons (Fsp3) is 0.529. The van der Waals surface area contributed by atoms with Gasteiger partial charge in [-0.2, -0.15) is 0 Å². The van der Waals surface area contributed by atoms with Crippen LogP contribution >= 0.6 is 0 Å². The van der Waals surface area contributed by atoms with Crippen molar-refractivity contribution in [1.82, 2.24) is 14.3 Å². The van der Waals surface area contributed by atoms with Gasteiger partial charge in [0, 0.05) is 37.8 Å². The van der Waals surface area contributed by atoms with E-state index in [0.29, 0.717) is 5.91 Å². The average molecular weight is 285 g/mol. The number of unbranched alkanes of at least 4 members (excludes halogenated alkanes) is 1. The molecule has 21 heavy (non-hydrogen) atoms. The summed E-state index contributed by atoms with van der Waals surface area (Å²) in [6, 6.07) is 6.06. The summed E-state index contributed by atoms with van der Waals surface area (Å²) in [7, 11) is 1.93. The van der Waals surface area contributed by atoms with Crippen LogP contribution < -0.4 is 0 Å². The van der Waals surface area contributed by atoms with E-state index in [1.807, 2.05) is 30.1 Å². The van der Waals surface area contributed by atoms with E-state index in [4.69, 9.17) is 0 Å². The Morgan fingerprint density at radius 2 is 2.33 bits per heavy atom. The van der Waals surface area contributed by atoms with Gasteiger partial charge in [0.1, 0.15) is 5.65 Å². The number of nitrogens with zero attached hydrogens (tertiary/aromatic N) is 3. The first kappa shape index (κ1) is 14.1. The Hall–Kier alpha value is -1.84. The molecule has 0 aliphatic heterocycles. The minimum atomic E-state index is 0.111. The number of imidazole rings is 1. The molecule has 0 fully saturated rings. The maximum atomic E-state index is 12.6. The van der Waals surface area contributed by atoms with Crippen LogP contribution in [0.25, 0.3) is 5.65 Å². The molecule has 2 aromatic rings. The Morgan fingerprint density at radius 3 is 3.14 bits per heavy atom. The number of fused-ring (bicyclic) bond motifs is 3. The summed E-state index contributed by atoms with van der Waals surface area (Å²) >= 11 is 0. The lowest BCUT2D eigenvalue weighted by atomic mass is 9.88. The van der Waals surface area contributed by atoms with Crippen LogP contribution in [0.5, 0.6) is 0 Å². The topological polar surface area (TPSA) is 37.6 Å². The summed E-state index contributed by atoms with van der Waals surface area (Å²) in [5.74, 6) is 0.402. The van der Waals surface area contributed by atoms with Gasteiger partial charge in [0.15, 0.2) is 0 Å². The fourth-order valence-electron chi connectivity index (χ4n) is 3.19. The average Bonchev–Trinajstić information content (AvgIpc) is 2.89. The van der Waals surface area contributed by atoms with E-state index in [-0.39, 0.29) is 5.92 Å². The van der Waals surface area contributed by atoms with Gasteiger partial charge < -0.3 is 9.30 Å². The van der Waals surface area contributed by atoms with E-state index >= 15 is 0 Å². The van der Waals surface area contributed by atoms with Gasteiger partial charge in [0.25, 0.3) is 0 Å². The Bertz CT molecular complexity index is 647. The van der Waals surface area contributed by atoms with E-state index < -0.39 is 0 Å². The molecule has 3 rings (SSSR count). The van der Waals surface area contributed by atoms with Crippen molar-refractivity contribution in [2.45, 2.75) is 39.0 Å². The molecule has 0 saturated heterocycles. The lowest BCUT2D eigenvalue weighted by Crippen LogP contribution is -2.36. The molecule has 0 bridgehead atoms. The minimum Gasteiger partial charge on any atom is -0.346 e. The van der Waals surface area contributed by atoms with E-state index in [2.05, 4.69) is 22.5 Å². The molecule has 1 unspecified atom stereocenters. The SMILES string of the molecule is CCCCN(C)C(=O)C1CCc2nc3ccccn3c2C1. The van der Waals surface area contributed by atoms with Gasteiger partial charge in [0.2, 0.25) is 5.91 Å². The molecule has 2 aromatic heterocycles. The number of carbonyl (C=O) groups excluding carboxylic acids is 1. The third-order valence-corrected chi connectivity index (χ3v) is 4.45. The largest absolute Gasteiger partial charge is 0.346 e. The summed E-state index contributed by atoms with van der Waals surface area (Å²) in [5, 5.41) is 0. The highest BCUT2D eigenvalue weighted by Gasteiger charge is 2.29. The van der Waals surface area contributed by atoms with Crippen molar-refractivity contribution < 1.29 is 4.79 Å². The predicted octanol–water partition coefficient (Wildman–Crippen LogP) is 2.70. The summed E-state index contributed by atoms with van der Waals surface area (Å²) in [6.07, 6.45) is 6.90. The van der Waals surface area contributed by atoms with Crippen LogP contribution in [0.2, 0.25) is 0 Å². The number of rotatable bonds is 4. The predicted molar refractivity (Wildman–Crippen MR) is 83.3 cm³/mol. The van der Waals surface area contributed by atoms with Crippen LogP contribution in [0, 0.1) is 5.92 Å². The lowest BCUT2D eigenvalue weighted by Gasteiger charge is -2.26. The van der Waals surface area contributed by atoms with Crippen LogP contribution in [0.4, 0.5) is 0 Å². The van der Waals surface area contributed by atoms with Gasteiger partial charge in [-0.25, -0.2) is 4.98 Å². The highest BCUT2D eigenvalue weighted by Crippen LogP contribution is 2.27. The summed E-state index contributed by atoms with van der Waals surface area (Å²) in [5.41, 5.74) is 3.38. The number of amides is 1. The van der Waals surface area contributed by atoms with Crippen molar-refractivity contribution in [3.63, 3.8) is 0 Å². The Kier molecular flexibility index (Phi) is 3.95. The first-order valence-corrected chi connectivity index (χ1v) is 7.90. The zero-order chi connectivity index (χ0) is 14.8.